The quantitative estimate of drug-likeness (QED) is 0.479. The number of benzene rings is 1. The first-order valence-electron chi connectivity index (χ1n) is 8.51. The van der Waals surface area contributed by atoms with Crippen LogP contribution in [0.2, 0.25) is 0 Å². The van der Waals surface area contributed by atoms with Crippen molar-refractivity contribution in [3.05, 3.63) is 72.8 Å². The molecular weight excluding hydrogens is 397 g/mol. The van der Waals surface area contributed by atoms with E-state index in [1.54, 1.807) is 36.8 Å². The average molecular weight is 414 g/mol. The van der Waals surface area contributed by atoms with Crippen molar-refractivity contribution in [2.24, 2.45) is 0 Å². The molecule has 3 heterocycles. The van der Waals surface area contributed by atoms with Crippen LogP contribution in [0.15, 0.2) is 65.9 Å². The Labute approximate surface area is 172 Å². The van der Waals surface area contributed by atoms with Crippen molar-refractivity contribution in [1.29, 1.82) is 0 Å². The van der Waals surface area contributed by atoms with E-state index in [1.807, 2.05) is 13.0 Å². The highest BCUT2D eigenvalue weighted by atomic mass is 35.5. The standard InChI is InChI=1S/C19H16FN7O.ClH/c1-12(13-2-4-15(20)5-3-13)24-16-8-14(19-23-11-28-27-19)9-17(25-16)26-18-10-21-6-7-22-18;/h2-12H,1H3,(H2,22,24,25,26);1H/t12-;/m0./s1. The number of halogens is 2. The van der Waals surface area contributed by atoms with Crippen LogP contribution in [-0.4, -0.2) is 25.1 Å². The molecule has 0 amide bonds. The van der Waals surface area contributed by atoms with Gasteiger partial charge in [-0.05, 0) is 36.8 Å². The molecule has 0 aliphatic carbocycles. The fraction of sp³-hybridized carbons (Fsp3) is 0.105. The van der Waals surface area contributed by atoms with E-state index < -0.39 is 0 Å². The Kier molecular flexibility index (Phi) is 6.30. The zero-order valence-electron chi connectivity index (χ0n) is 15.3. The summed E-state index contributed by atoms with van der Waals surface area (Å²) in [7, 11) is 0. The monoisotopic (exact) mass is 413 g/mol. The van der Waals surface area contributed by atoms with Crippen molar-refractivity contribution in [3.8, 4) is 11.4 Å². The Morgan fingerprint density at radius 3 is 2.48 bits per heavy atom. The topological polar surface area (TPSA) is 102 Å². The molecule has 4 rings (SSSR count). The van der Waals surface area contributed by atoms with E-state index in [0.29, 0.717) is 28.8 Å². The van der Waals surface area contributed by atoms with Gasteiger partial charge in [-0.15, -0.1) is 12.4 Å². The second-order valence-electron chi connectivity index (χ2n) is 6.01. The number of hydrogen-bond donors (Lipinski definition) is 2. The van der Waals surface area contributed by atoms with Crippen LogP contribution >= 0.6 is 12.4 Å². The van der Waals surface area contributed by atoms with Crippen LogP contribution in [0.4, 0.5) is 21.8 Å². The minimum absolute atomic E-state index is 0. The first-order chi connectivity index (χ1) is 13.7. The van der Waals surface area contributed by atoms with E-state index in [2.05, 4.69) is 35.7 Å². The summed E-state index contributed by atoms with van der Waals surface area (Å²) >= 11 is 0. The number of anilines is 3. The molecule has 0 saturated carbocycles. The van der Waals surface area contributed by atoms with Gasteiger partial charge >= 0.3 is 0 Å². The molecule has 1 aromatic carbocycles. The maximum Gasteiger partial charge on any atom is 0.214 e. The molecular formula is C19H17ClFN7O. The minimum atomic E-state index is -0.274. The number of pyridine rings is 1. The molecule has 10 heteroatoms. The van der Waals surface area contributed by atoms with E-state index in [1.165, 1.54) is 18.5 Å². The van der Waals surface area contributed by atoms with Gasteiger partial charge in [-0.1, -0.05) is 17.3 Å². The van der Waals surface area contributed by atoms with Gasteiger partial charge in [0.15, 0.2) is 0 Å². The highest BCUT2D eigenvalue weighted by molar-refractivity contribution is 5.85. The normalized spacial score (nSPS) is 11.4. The van der Waals surface area contributed by atoms with Crippen LogP contribution in [0.3, 0.4) is 0 Å². The van der Waals surface area contributed by atoms with E-state index in [9.17, 15) is 4.39 Å². The molecule has 0 saturated heterocycles. The lowest BCUT2D eigenvalue weighted by Gasteiger charge is -2.16. The molecule has 0 aliphatic heterocycles. The maximum atomic E-state index is 13.2. The largest absolute Gasteiger partial charge is 0.363 e. The van der Waals surface area contributed by atoms with Crippen molar-refractivity contribution < 1.29 is 8.91 Å². The van der Waals surface area contributed by atoms with Crippen molar-refractivity contribution in [1.82, 2.24) is 25.1 Å². The summed E-state index contributed by atoms with van der Waals surface area (Å²) in [5, 5.41) is 10.3. The fourth-order valence-electron chi connectivity index (χ4n) is 2.65. The molecule has 29 heavy (non-hydrogen) atoms. The predicted octanol–water partition coefficient (Wildman–Crippen LogP) is 4.40. The molecule has 8 nitrogen and oxygen atoms in total. The summed E-state index contributed by atoms with van der Waals surface area (Å²) in [6.07, 6.45) is 6.03. The summed E-state index contributed by atoms with van der Waals surface area (Å²) in [5.74, 6) is 1.84. The third-order valence-corrected chi connectivity index (χ3v) is 4.00. The summed E-state index contributed by atoms with van der Waals surface area (Å²) in [6, 6.07) is 9.82. The lowest BCUT2D eigenvalue weighted by atomic mass is 10.1. The summed E-state index contributed by atoms with van der Waals surface area (Å²) in [5.41, 5.74) is 1.64. The van der Waals surface area contributed by atoms with Gasteiger partial charge in [0.2, 0.25) is 12.2 Å². The molecule has 0 radical (unpaired) electrons. The smallest absolute Gasteiger partial charge is 0.214 e. The molecule has 2 N–H and O–H groups in total. The van der Waals surface area contributed by atoms with Gasteiger partial charge in [0.1, 0.15) is 23.3 Å². The van der Waals surface area contributed by atoms with Gasteiger partial charge in [-0.3, -0.25) is 4.98 Å². The average Bonchev–Trinajstić information content (AvgIpc) is 3.24. The Morgan fingerprint density at radius 1 is 1.00 bits per heavy atom. The Balaban J connectivity index is 0.00000240. The van der Waals surface area contributed by atoms with Crippen LogP contribution < -0.4 is 10.6 Å². The van der Waals surface area contributed by atoms with Crippen molar-refractivity contribution in [3.63, 3.8) is 0 Å². The maximum absolute atomic E-state index is 13.2. The van der Waals surface area contributed by atoms with Gasteiger partial charge < -0.3 is 15.2 Å². The molecule has 1 atom stereocenters. The van der Waals surface area contributed by atoms with Crippen LogP contribution in [0.5, 0.6) is 0 Å². The lowest BCUT2D eigenvalue weighted by molar-refractivity contribution is 0.419. The predicted molar refractivity (Wildman–Crippen MR) is 109 cm³/mol. The third kappa shape index (κ3) is 5.02. The molecule has 4 aromatic rings. The first kappa shape index (κ1) is 20.2. The molecule has 0 aliphatic rings. The molecule has 3 aromatic heterocycles. The van der Waals surface area contributed by atoms with Gasteiger partial charge in [0, 0.05) is 24.0 Å². The SMILES string of the molecule is C[C@H](Nc1cc(-c2ncon2)cc(Nc2cnccn2)n1)c1ccc(F)cc1.Cl. The van der Waals surface area contributed by atoms with Crippen LogP contribution in [0, 0.1) is 5.82 Å². The third-order valence-electron chi connectivity index (χ3n) is 4.00. The number of nitrogens with zero attached hydrogens (tertiary/aromatic N) is 5. The van der Waals surface area contributed by atoms with E-state index in [4.69, 9.17) is 4.52 Å². The Bertz CT molecular complexity index is 1050. The highest BCUT2D eigenvalue weighted by Gasteiger charge is 2.12. The molecule has 0 spiro atoms. The van der Waals surface area contributed by atoms with Crippen molar-refractivity contribution in [2.75, 3.05) is 10.6 Å². The van der Waals surface area contributed by atoms with Crippen LogP contribution in [0.25, 0.3) is 11.4 Å². The van der Waals surface area contributed by atoms with E-state index in [-0.39, 0.29) is 24.3 Å². The molecule has 0 bridgehead atoms. The first-order valence-corrected chi connectivity index (χ1v) is 8.51. The molecule has 0 fully saturated rings. The van der Waals surface area contributed by atoms with E-state index >= 15 is 0 Å². The Hall–Kier alpha value is -3.59. The van der Waals surface area contributed by atoms with Crippen LogP contribution in [0.1, 0.15) is 18.5 Å². The number of rotatable bonds is 6. The zero-order valence-corrected chi connectivity index (χ0v) is 16.1. The number of hydrogen-bond acceptors (Lipinski definition) is 8. The summed E-state index contributed by atoms with van der Waals surface area (Å²) < 4.78 is 18.0. The van der Waals surface area contributed by atoms with Crippen LogP contribution in [-0.2, 0) is 0 Å². The van der Waals surface area contributed by atoms with Gasteiger partial charge in [-0.2, -0.15) is 4.98 Å². The summed E-state index contributed by atoms with van der Waals surface area (Å²) in [4.78, 5) is 16.9. The van der Waals surface area contributed by atoms with E-state index in [0.717, 1.165) is 5.56 Å². The number of aromatic nitrogens is 5. The Morgan fingerprint density at radius 2 is 1.79 bits per heavy atom. The van der Waals surface area contributed by atoms with Gasteiger partial charge in [0.25, 0.3) is 0 Å². The second-order valence-corrected chi connectivity index (χ2v) is 6.01. The highest BCUT2D eigenvalue weighted by Crippen LogP contribution is 2.26. The minimum Gasteiger partial charge on any atom is -0.363 e. The number of nitrogens with one attached hydrogen (secondary N) is 2. The van der Waals surface area contributed by atoms with Gasteiger partial charge in [0.05, 0.1) is 6.20 Å². The fourth-order valence-corrected chi connectivity index (χ4v) is 2.65. The van der Waals surface area contributed by atoms with Crippen molar-refractivity contribution >= 4 is 29.9 Å². The van der Waals surface area contributed by atoms with Crippen molar-refractivity contribution in [2.45, 2.75) is 13.0 Å². The zero-order chi connectivity index (χ0) is 19.3. The lowest BCUT2D eigenvalue weighted by Crippen LogP contribution is -2.09. The molecule has 148 valence electrons. The summed E-state index contributed by atoms with van der Waals surface area (Å²) in [6.45, 7) is 1.96. The molecule has 0 unspecified atom stereocenters. The van der Waals surface area contributed by atoms with Gasteiger partial charge in [-0.25, -0.2) is 14.4 Å². The second kappa shape index (κ2) is 9.07.